The Morgan fingerprint density at radius 2 is 1.85 bits per heavy atom. The maximum absolute atomic E-state index is 8.96. The number of benzene rings is 1. The number of aryl methyl sites for hydroxylation is 1. The smallest absolute Gasteiger partial charge is 0.120 e. The van der Waals surface area contributed by atoms with E-state index in [9.17, 15) is 0 Å². The van der Waals surface area contributed by atoms with Crippen LogP contribution >= 0.6 is 0 Å². The summed E-state index contributed by atoms with van der Waals surface area (Å²) in [5, 5.41) is 12.3. The fourth-order valence-electron chi connectivity index (χ4n) is 3.79. The van der Waals surface area contributed by atoms with E-state index in [2.05, 4.69) is 25.1 Å². The predicted molar refractivity (Wildman–Crippen MR) is 79.7 cm³/mol. The minimum atomic E-state index is 0.346. The molecule has 0 amide bonds. The van der Waals surface area contributed by atoms with Crippen LogP contribution in [0.2, 0.25) is 0 Å². The molecule has 20 heavy (non-hydrogen) atoms. The lowest BCUT2D eigenvalue weighted by Crippen LogP contribution is -2.28. The van der Waals surface area contributed by atoms with Crippen molar-refractivity contribution in [3.63, 3.8) is 0 Å². The molecule has 3 heteroatoms. The summed E-state index contributed by atoms with van der Waals surface area (Å²) in [4.78, 5) is 0. The topological polar surface area (TPSA) is 41.8 Å². The number of hydrogen-bond acceptors (Lipinski definition) is 3. The van der Waals surface area contributed by atoms with Crippen LogP contribution in [0.1, 0.15) is 50.7 Å². The normalized spacial score (nSPS) is 31.3. The lowest BCUT2D eigenvalue weighted by Gasteiger charge is -2.31. The zero-order valence-electron chi connectivity index (χ0n) is 12.3. The van der Waals surface area contributed by atoms with Gasteiger partial charge in [-0.3, -0.25) is 0 Å². The highest BCUT2D eigenvalue weighted by Gasteiger charge is 2.26. The Morgan fingerprint density at radius 3 is 2.55 bits per heavy atom. The van der Waals surface area contributed by atoms with Gasteiger partial charge < -0.3 is 9.94 Å². The van der Waals surface area contributed by atoms with Crippen molar-refractivity contribution in [1.82, 2.24) is 0 Å². The highest BCUT2D eigenvalue weighted by molar-refractivity contribution is 6.04. The molecule has 0 spiro atoms. The lowest BCUT2D eigenvalue weighted by atomic mass is 9.82. The molecule has 1 aromatic carbocycles. The second kappa shape index (κ2) is 5.47. The second-order valence-electron chi connectivity index (χ2n) is 6.52. The first-order valence-corrected chi connectivity index (χ1v) is 7.66. The molecule has 2 aliphatic carbocycles. The largest absolute Gasteiger partial charge is 0.490 e. The standard InChI is InChI=1S/C17H23NO2/c1-11-7-12(2)9-15(8-11)20-14-4-5-16-13(10-14)3-6-17(16)18-19/h4-5,10-12,15,19H,3,6-9H2,1-2H3/b18-17+. The molecule has 2 aliphatic rings. The van der Waals surface area contributed by atoms with Crippen LogP contribution in [0.4, 0.5) is 0 Å². The van der Waals surface area contributed by atoms with Gasteiger partial charge in [0.25, 0.3) is 0 Å². The summed E-state index contributed by atoms with van der Waals surface area (Å²) in [6, 6.07) is 6.17. The monoisotopic (exact) mass is 273 g/mol. The van der Waals surface area contributed by atoms with Gasteiger partial charge >= 0.3 is 0 Å². The molecule has 2 unspecified atom stereocenters. The average Bonchev–Trinajstić information content (AvgIpc) is 2.79. The molecule has 0 radical (unpaired) electrons. The van der Waals surface area contributed by atoms with Gasteiger partial charge in [0.1, 0.15) is 5.75 Å². The number of ether oxygens (including phenoxy) is 1. The maximum Gasteiger partial charge on any atom is 0.120 e. The van der Waals surface area contributed by atoms with E-state index in [1.54, 1.807) is 0 Å². The van der Waals surface area contributed by atoms with Crippen LogP contribution in [0.25, 0.3) is 0 Å². The maximum atomic E-state index is 8.96. The highest BCUT2D eigenvalue weighted by atomic mass is 16.5. The fourth-order valence-corrected chi connectivity index (χ4v) is 3.79. The Labute approximate surface area is 120 Å². The van der Waals surface area contributed by atoms with E-state index in [4.69, 9.17) is 9.94 Å². The Balaban J connectivity index is 1.73. The Bertz CT molecular complexity index is 514. The molecule has 0 saturated heterocycles. The van der Waals surface area contributed by atoms with E-state index in [1.165, 1.54) is 12.0 Å². The van der Waals surface area contributed by atoms with Crippen LogP contribution < -0.4 is 4.74 Å². The third kappa shape index (κ3) is 2.67. The Kier molecular flexibility index (Phi) is 3.68. The van der Waals surface area contributed by atoms with E-state index in [1.807, 2.05) is 12.1 Å². The van der Waals surface area contributed by atoms with Crippen molar-refractivity contribution in [2.45, 2.75) is 52.1 Å². The van der Waals surface area contributed by atoms with Crippen LogP contribution in [0, 0.1) is 11.8 Å². The molecule has 0 heterocycles. The molecule has 1 fully saturated rings. The minimum Gasteiger partial charge on any atom is -0.490 e. The van der Waals surface area contributed by atoms with Crippen LogP contribution in [-0.4, -0.2) is 17.0 Å². The molecule has 1 saturated carbocycles. The van der Waals surface area contributed by atoms with Gasteiger partial charge in [0.2, 0.25) is 0 Å². The van der Waals surface area contributed by atoms with Gasteiger partial charge in [0.05, 0.1) is 11.8 Å². The van der Waals surface area contributed by atoms with Crippen molar-refractivity contribution in [3.8, 4) is 5.75 Å². The first-order chi connectivity index (χ1) is 9.65. The van der Waals surface area contributed by atoms with Gasteiger partial charge in [-0.05, 0) is 67.7 Å². The molecular weight excluding hydrogens is 250 g/mol. The van der Waals surface area contributed by atoms with Gasteiger partial charge in [0, 0.05) is 5.56 Å². The summed E-state index contributed by atoms with van der Waals surface area (Å²) in [6.45, 7) is 4.64. The van der Waals surface area contributed by atoms with Crippen molar-refractivity contribution in [2.75, 3.05) is 0 Å². The number of rotatable bonds is 2. The summed E-state index contributed by atoms with van der Waals surface area (Å²) in [7, 11) is 0. The zero-order valence-corrected chi connectivity index (χ0v) is 12.3. The van der Waals surface area contributed by atoms with Crippen molar-refractivity contribution >= 4 is 5.71 Å². The van der Waals surface area contributed by atoms with Crippen LogP contribution in [0.5, 0.6) is 5.75 Å². The number of fused-ring (bicyclic) bond motifs is 1. The number of oxime groups is 1. The van der Waals surface area contributed by atoms with E-state index >= 15 is 0 Å². The second-order valence-corrected chi connectivity index (χ2v) is 6.52. The predicted octanol–water partition coefficient (Wildman–Crippen LogP) is 4.01. The van der Waals surface area contributed by atoms with E-state index in [0.29, 0.717) is 6.10 Å². The number of hydrogen-bond donors (Lipinski definition) is 1. The van der Waals surface area contributed by atoms with Crippen molar-refractivity contribution in [3.05, 3.63) is 29.3 Å². The van der Waals surface area contributed by atoms with Gasteiger partial charge in [-0.1, -0.05) is 19.0 Å². The molecule has 3 rings (SSSR count). The van der Waals surface area contributed by atoms with E-state index < -0.39 is 0 Å². The molecule has 2 atom stereocenters. The molecule has 3 nitrogen and oxygen atoms in total. The first kappa shape index (κ1) is 13.5. The van der Waals surface area contributed by atoms with Gasteiger partial charge in [-0.15, -0.1) is 0 Å². The molecule has 0 aromatic heterocycles. The van der Waals surface area contributed by atoms with Crippen LogP contribution in [-0.2, 0) is 6.42 Å². The summed E-state index contributed by atoms with van der Waals surface area (Å²) in [5.74, 6) is 2.48. The summed E-state index contributed by atoms with van der Waals surface area (Å²) < 4.78 is 6.19. The summed E-state index contributed by atoms with van der Waals surface area (Å²) in [6.07, 6.45) is 5.76. The summed E-state index contributed by atoms with van der Waals surface area (Å²) in [5.41, 5.74) is 3.11. The van der Waals surface area contributed by atoms with Gasteiger partial charge in [-0.25, -0.2) is 0 Å². The van der Waals surface area contributed by atoms with Crippen molar-refractivity contribution in [2.24, 2.45) is 17.0 Å². The highest BCUT2D eigenvalue weighted by Crippen LogP contribution is 2.33. The fraction of sp³-hybridized carbons (Fsp3) is 0.588. The van der Waals surface area contributed by atoms with Crippen molar-refractivity contribution < 1.29 is 9.94 Å². The third-order valence-corrected chi connectivity index (χ3v) is 4.58. The third-order valence-electron chi connectivity index (χ3n) is 4.58. The van der Waals surface area contributed by atoms with Crippen LogP contribution in [0.3, 0.4) is 0 Å². The van der Waals surface area contributed by atoms with E-state index in [0.717, 1.165) is 54.5 Å². The van der Waals surface area contributed by atoms with Gasteiger partial charge in [-0.2, -0.15) is 0 Å². The molecule has 1 N–H and O–H groups in total. The average molecular weight is 273 g/mol. The molecule has 108 valence electrons. The Morgan fingerprint density at radius 1 is 1.10 bits per heavy atom. The van der Waals surface area contributed by atoms with Crippen molar-refractivity contribution in [1.29, 1.82) is 0 Å². The number of nitrogens with zero attached hydrogens (tertiary/aromatic N) is 1. The quantitative estimate of drug-likeness (QED) is 0.653. The van der Waals surface area contributed by atoms with Gasteiger partial charge in [0.15, 0.2) is 0 Å². The molecule has 0 bridgehead atoms. The first-order valence-electron chi connectivity index (χ1n) is 7.66. The zero-order chi connectivity index (χ0) is 14.1. The SMILES string of the molecule is CC1CC(C)CC(Oc2ccc3c(c2)CC/C3=N\O)C1. The molecular formula is C17H23NO2. The Hall–Kier alpha value is -1.51. The minimum absolute atomic E-state index is 0.346. The molecule has 1 aromatic rings. The lowest BCUT2D eigenvalue weighted by molar-refractivity contribution is 0.101. The van der Waals surface area contributed by atoms with E-state index in [-0.39, 0.29) is 0 Å². The van der Waals surface area contributed by atoms with Crippen LogP contribution in [0.15, 0.2) is 23.4 Å². The summed E-state index contributed by atoms with van der Waals surface area (Å²) >= 11 is 0. The molecule has 0 aliphatic heterocycles.